The van der Waals surface area contributed by atoms with Crippen molar-refractivity contribution < 1.29 is 18.0 Å². The van der Waals surface area contributed by atoms with Gasteiger partial charge in [0.2, 0.25) is 21.8 Å². The number of unbranched alkanes of at least 4 members (excludes halogenated alkanes) is 1. The van der Waals surface area contributed by atoms with Gasteiger partial charge in [0.25, 0.3) is 0 Å². The summed E-state index contributed by atoms with van der Waals surface area (Å²) in [5.41, 5.74) is 0.891. The van der Waals surface area contributed by atoms with Gasteiger partial charge in [0.05, 0.1) is 11.9 Å². The number of hydrogen-bond donors (Lipinski definition) is 1. The van der Waals surface area contributed by atoms with Crippen molar-refractivity contribution in [1.82, 2.24) is 10.2 Å². The van der Waals surface area contributed by atoms with Gasteiger partial charge < -0.3 is 10.2 Å². The molecular weight excluding hydrogens is 521 g/mol. The van der Waals surface area contributed by atoms with E-state index in [2.05, 4.69) is 5.32 Å². The van der Waals surface area contributed by atoms with Crippen LogP contribution in [0, 0.1) is 0 Å². The van der Waals surface area contributed by atoms with Gasteiger partial charge in [0.15, 0.2) is 0 Å². The minimum absolute atomic E-state index is 0.0896. The molecule has 2 aromatic carbocycles. The van der Waals surface area contributed by atoms with Crippen molar-refractivity contribution in [2.45, 2.75) is 39.3 Å². The summed E-state index contributed by atoms with van der Waals surface area (Å²) in [5.74, 6) is -0.887. The Morgan fingerprint density at radius 3 is 2.12 bits per heavy atom. The normalized spacial score (nSPS) is 12.2. The van der Waals surface area contributed by atoms with Crippen molar-refractivity contribution in [3.63, 3.8) is 0 Å². The number of rotatable bonds is 11. The van der Waals surface area contributed by atoms with E-state index in [1.165, 1.54) is 23.1 Å². The monoisotopic (exact) mass is 547 g/mol. The summed E-state index contributed by atoms with van der Waals surface area (Å²) in [5, 5.41) is 3.81. The van der Waals surface area contributed by atoms with Gasteiger partial charge in [-0.05, 0) is 49.2 Å². The Labute approximate surface area is 216 Å². The molecule has 0 unspecified atom stereocenters. The van der Waals surface area contributed by atoms with E-state index in [0.29, 0.717) is 11.6 Å². The van der Waals surface area contributed by atoms with E-state index in [-0.39, 0.29) is 28.2 Å². The molecule has 0 fully saturated rings. The number of nitrogens with zero attached hydrogens (tertiary/aromatic N) is 2. The molecule has 186 valence electrons. The van der Waals surface area contributed by atoms with E-state index in [0.717, 1.165) is 29.0 Å². The van der Waals surface area contributed by atoms with Gasteiger partial charge in [-0.25, -0.2) is 8.42 Å². The largest absolute Gasteiger partial charge is 0.354 e. The number of amides is 2. The van der Waals surface area contributed by atoms with E-state index in [1.807, 2.05) is 6.92 Å². The number of benzene rings is 2. The quantitative estimate of drug-likeness (QED) is 0.411. The van der Waals surface area contributed by atoms with Crippen molar-refractivity contribution in [3.05, 3.63) is 63.1 Å². The van der Waals surface area contributed by atoms with E-state index in [1.54, 1.807) is 31.2 Å². The number of sulfonamides is 1. The molecule has 0 aliphatic rings. The lowest BCUT2D eigenvalue weighted by Gasteiger charge is -2.31. The van der Waals surface area contributed by atoms with Gasteiger partial charge in [-0.1, -0.05) is 60.3 Å². The maximum atomic E-state index is 13.4. The lowest BCUT2D eigenvalue weighted by atomic mass is 10.1. The minimum Gasteiger partial charge on any atom is -0.354 e. The zero-order valence-corrected chi connectivity index (χ0v) is 22.3. The van der Waals surface area contributed by atoms with Crippen LogP contribution < -0.4 is 9.62 Å². The number of carbonyl (C=O) groups excluding carboxylic acids is 2. The molecule has 0 bridgehead atoms. The Kier molecular flexibility index (Phi) is 10.5. The van der Waals surface area contributed by atoms with Crippen LogP contribution in [0.3, 0.4) is 0 Å². The molecule has 2 rings (SSSR count). The summed E-state index contributed by atoms with van der Waals surface area (Å²) in [4.78, 5) is 27.5. The van der Waals surface area contributed by atoms with E-state index >= 15 is 0 Å². The Bertz CT molecular complexity index is 1090. The first-order valence-corrected chi connectivity index (χ1v) is 13.7. The second-order valence-corrected chi connectivity index (χ2v) is 11.1. The molecule has 34 heavy (non-hydrogen) atoms. The molecule has 0 spiro atoms. The molecule has 1 N–H and O–H groups in total. The van der Waals surface area contributed by atoms with Gasteiger partial charge >= 0.3 is 0 Å². The van der Waals surface area contributed by atoms with Crippen molar-refractivity contribution in [2.24, 2.45) is 0 Å². The summed E-state index contributed by atoms with van der Waals surface area (Å²) in [6.07, 6.45) is 2.70. The topological polar surface area (TPSA) is 86.8 Å². The lowest BCUT2D eigenvalue weighted by molar-refractivity contribution is -0.139. The first-order valence-electron chi connectivity index (χ1n) is 10.7. The Morgan fingerprint density at radius 1 is 1.00 bits per heavy atom. The summed E-state index contributed by atoms with van der Waals surface area (Å²) >= 11 is 18.1. The fraction of sp³-hybridized carbons (Fsp3) is 0.391. The van der Waals surface area contributed by atoms with Crippen LogP contribution in [0.25, 0.3) is 0 Å². The Morgan fingerprint density at radius 2 is 1.59 bits per heavy atom. The third kappa shape index (κ3) is 8.34. The number of halogens is 3. The maximum absolute atomic E-state index is 13.4. The Balaban J connectivity index is 2.37. The van der Waals surface area contributed by atoms with Gasteiger partial charge in [-0.3, -0.25) is 13.9 Å². The van der Waals surface area contributed by atoms with Crippen LogP contribution in [0.5, 0.6) is 0 Å². The van der Waals surface area contributed by atoms with Crippen LogP contribution >= 0.6 is 34.8 Å². The lowest BCUT2D eigenvalue weighted by Crippen LogP contribution is -2.51. The standard InChI is InChI=1S/C23H28Cl3N3O4S/c1-4-5-10-27-23(31)16(2)28(14-17-6-8-18(24)9-7-17)22(30)15-29(34(3,32)33)21-12-19(25)11-20(26)13-21/h6-9,11-13,16H,4-5,10,14-15H2,1-3H3,(H,27,31)/t16-/m1/s1. The van der Waals surface area contributed by atoms with Crippen molar-refractivity contribution in [3.8, 4) is 0 Å². The highest BCUT2D eigenvalue weighted by Gasteiger charge is 2.30. The third-order valence-corrected chi connectivity index (χ3v) is 6.91. The highest BCUT2D eigenvalue weighted by molar-refractivity contribution is 7.92. The average molecular weight is 549 g/mol. The van der Waals surface area contributed by atoms with Gasteiger partial charge in [-0.15, -0.1) is 0 Å². The Hall–Kier alpha value is -2.00. The molecule has 7 nitrogen and oxygen atoms in total. The van der Waals surface area contributed by atoms with Crippen LogP contribution in [0.2, 0.25) is 15.1 Å². The number of nitrogens with one attached hydrogen (secondary N) is 1. The molecule has 0 radical (unpaired) electrons. The van der Waals surface area contributed by atoms with Crippen LogP contribution in [-0.4, -0.2) is 50.5 Å². The van der Waals surface area contributed by atoms with Crippen LogP contribution in [0.15, 0.2) is 42.5 Å². The molecule has 0 heterocycles. The second-order valence-electron chi connectivity index (χ2n) is 7.87. The molecule has 2 aromatic rings. The molecule has 1 atom stereocenters. The van der Waals surface area contributed by atoms with E-state index in [9.17, 15) is 18.0 Å². The maximum Gasteiger partial charge on any atom is 0.244 e. The summed E-state index contributed by atoms with van der Waals surface area (Å²) in [6.45, 7) is 3.66. The molecular formula is C23H28Cl3N3O4S. The highest BCUT2D eigenvalue weighted by Crippen LogP contribution is 2.27. The van der Waals surface area contributed by atoms with Crippen LogP contribution in [-0.2, 0) is 26.2 Å². The first-order chi connectivity index (χ1) is 15.9. The van der Waals surface area contributed by atoms with Crippen molar-refractivity contribution in [2.75, 3.05) is 23.7 Å². The first kappa shape index (κ1) is 28.2. The predicted molar refractivity (Wildman–Crippen MR) is 138 cm³/mol. The number of carbonyl (C=O) groups is 2. The summed E-state index contributed by atoms with van der Waals surface area (Å²) < 4.78 is 26.0. The molecule has 11 heteroatoms. The summed E-state index contributed by atoms with van der Waals surface area (Å²) in [7, 11) is -3.87. The zero-order chi connectivity index (χ0) is 25.5. The second kappa shape index (κ2) is 12.6. The minimum atomic E-state index is -3.87. The number of hydrogen-bond acceptors (Lipinski definition) is 4. The smallest absolute Gasteiger partial charge is 0.244 e. The molecule has 2 amide bonds. The molecule has 0 saturated carbocycles. The predicted octanol–water partition coefficient (Wildman–Crippen LogP) is 4.75. The third-order valence-electron chi connectivity index (χ3n) is 5.08. The van der Waals surface area contributed by atoms with Gasteiger partial charge in [-0.2, -0.15) is 0 Å². The van der Waals surface area contributed by atoms with Gasteiger partial charge in [0, 0.05) is 28.2 Å². The highest BCUT2D eigenvalue weighted by atomic mass is 35.5. The van der Waals surface area contributed by atoms with E-state index in [4.69, 9.17) is 34.8 Å². The molecule has 0 aliphatic carbocycles. The molecule has 0 aliphatic heterocycles. The molecule has 0 aromatic heterocycles. The summed E-state index contributed by atoms with van der Waals surface area (Å²) in [6, 6.07) is 10.3. The van der Waals surface area contributed by atoms with E-state index < -0.39 is 28.5 Å². The number of anilines is 1. The van der Waals surface area contributed by atoms with Crippen LogP contribution in [0.4, 0.5) is 5.69 Å². The fourth-order valence-electron chi connectivity index (χ4n) is 3.20. The zero-order valence-electron chi connectivity index (χ0n) is 19.2. The van der Waals surface area contributed by atoms with Gasteiger partial charge in [0.1, 0.15) is 12.6 Å². The average Bonchev–Trinajstić information content (AvgIpc) is 2.75. The van der Waals surface area contributed by atoms with Crippen LogP contribution in [0.1, 0.15) is 32.3 Å². The van der Waals surface area contributed by atoms with Crippen molar-refractivity contribution >= 4 is 62.3 Å². The fourth-order valence-corrected chi connectivity index (χ4v) is 4.68. The molecule has 0 saturated heterocycles. The SMILES string of the molecule is CCCCNC(=O)[C@@H](C)N(Cc1ccc(Cl)cc1)C(=O)CN(c1cc(Cl)cc(Cl)c1)S(C)(=O)=O. The van der Waals surface area contributed by atoms with Crippen molar-refractivity contribution in [1.29, 1.82) is 0 Å².